The third-order valence-corrected chi connectivity index (χ3v) is 3.82. The average molecular weight is 379 g/mol. The number of amides is 1. The normalized spacial score (nSPS) is 13.3. The molecule has 0 aliphatic heterocycles. The Morgan fingerprint density at radius 2 is 1.93 bits per heavy atom. The molecular weight excluding hydrogens is 356 g/mol. The van der Waals surface area contributed by atoms with E-state index in [4.69, 9.17) is 15.2 Å². The number of aryl methyl sites for hydroxylation is 1. The monoisotopic (exact) mass is 379 g/mol. The van der Waals surface area contributed by atoms with Crippen LogP contribution in [0, 0.1) is 24.5 Å². The maximum absolute atomic E-state index is 14.5. The van der Waals surface area contributed by atoms with Gasteiger partial charge in [0.05, 0.1) is 5.69 Å². The molecular formula is C19H23F2N3O3. The van der Waals surface area contributed by atoms with Crippen molar-refractivity contribution in [2.45, 2.75) is 39.7 Å². The summed E-state index contributed by atoms with van der Waals surface area (Å²) >= 11 is 0. The van der Waals surface area contributed by atoms with E-state index in [1.54, 1.807) is 19.9 Å². The first-order valence-corrected chi connectivity index (χ1v) is 8.49. The van der Waals surface area contributed by atoms with Crippen LogP contribution in [0.2, 0.25) is 0 Å². The van der Waals surface area contributed by atoms with E-state index in [1.807, 2.05) is 13.8 Å². The lowest BCUT2D eigenvalue weighted by atomic mass is 9.95. The summed E-state index contributed by atoms with van der Waals surface area (Å²) in [6.07, 6.45) is 0.770. The average Bonchev–Trinajstić information content (AvgIpc) is 2.53. The molecule has 2 N–H and O–H groups in total. The van der Waals surface area contributed by atoms with Crippen LogP contribution in [0.3, 0.4) is 0 Å². The summed E-state index contributed by atoms with van der Waals surface area (Å²) in [6.45, 7) is 7.05. The second-order valence-corrected chi connectivity index (χ2v) is 7.06. The lowest BCUT2D eigenvalue weighted by Gasteiger charge is -2.30. The summed E-state index contributed by atoms with van der Waals surface area (Å²) in [4.78, 5) is 19.1. The van der Waals surface area contributed by atoms with Crippen molar-refractivity contribution in [3.63, 3.8) is 0 Å². The topological polar surface area (TPSA) is 87.3 Å². The second-order valence-electron chi connectivity index (χ2n) is 7.06. The number of carbonyl (C=O) groups excluding carboxylic acids is 1. The third-order valence-electron chi connectivity index (χ3n) is 3.82. The first-order chi connectivity index (χ1) is 12.6. The summed E-state index contributed by atoms with van der Waals surface area (Å²) in [5, 5.41) is 0. The summed E-state index contributed by atoms with van der Waals surface area (Å²) in [5.74, 6) is -1.56. The molecule has 0 aliphatic carbocycles. The van der Waals surface area contributed by atoms with Gasteiger partial charge in [-0.05, 0) is 38.3 Å². The number of carbonyl (C=O) groups is 1. The number of halogens is 2. The highest BCUT2D eigenvalue weighted by Crippen LogP contribution is 2.30. The van der Waals surface area contributed by atoms with Crippen LogP contribution in [0.15, 0.2) is 24.5 Å². The highest BCUT2D eigenvalue weighted by molar-refractivity contribution is 5.65. The molecule has 0 saturated heterocycles. The number of nitrogens with zero attached hydrogens (tertiary/aromatic N) is 2. The summed E-state index contributed by atoms with van der Waals surface area (Å²) in [6, 6.07) is 3.52. The second kappa shape index (κ2) is 8.28. The van der Waals surface area contributed by atoms with Gasteiger partial charge >= 0.3 is 6.09 Å². The number of primary amides is 1. The molecule has 1 heterocycles. The molecule has 146 valence electrons. The number of rotatable bonds is 7. The molecule has 0 bridgehead atoms. The zero-order valence-corrected chi connectivity index (χ0v) is 15.8. The zero-order chi connectivity index (χ0) is 20.2. The standard InChI is InChI=1S/C19H23F2N3O3/c1-11(2)8-19(4,27-18(22)25)9-26-17-7-14(20)13(6-15(17)21)16-5-12(3)23-10-24-16/h5-7,10-11H,8-9H2,1-4H3,(H2,22,25). The highest BCUT2D eigenvalue weighted by Gasteiger charge is 2.31. The molecule has 1 atom stereocenters. The molecule has 0 aliphatic rings. The van der Waals surface area contributed by atoms with Crippen molar-refractivity contribution in [1.82, 2.24) is 9.97 Å². The van der Waals surface area contributed by atoms with Gasteiger partial charge in [0.15, 0.2) is 11.6 Å². The minimum Gasteiger partial charge on any atom is -0.486 e. The number of hydrogen-bond acceptors (Lipinski definition) is 5. The molecule has 1 unspecified atom stereocenters. The van der Waals surface area contributed by atoms with Crippen LogP contribution in [0.5, 0.6) is 5.75 Å². The van der Waals surface area contributed by atoms with E-state index in [0.29, 0.717) is 12.1 Å². The van der Waals surface area contributed by atoms with Crippen molar-refractivity contribution in [1.29, 1.82) is 0 Å². The van der Waals surface area contributed by atoms with Crippen molar-refractivity contribution in [2.24, 2.45) is 11.7 Å². The number of hydrogen-bond donors (Lipinski definition) is 1. The SMILES string of the molecule is Cc1cc(-c2cc(F)c(OCC(C)(CC(C)C)OC(N)=O)cc2F)ncn1. The molecule has 8 heteroatoms. The number of benzene rings is 1. The van der Waals surface area contributed by atoms with E-state index in [1.165, 1.54) is 6.33 Å². The van der Waals surface area contributed by atoms with E-state index < -0.39 is 23.3 Å². The van der Waals surface area contributed by atoms with Gasteiger partial charge in [0.25, 0.3) is 0 Å². The number of aromatic nitrogens is 2. The van der Waals surface area contributed by atoms with E-state index >= 15 is 0 Å². The highest BCUT2D eigenvalue weighted by atomic mass is 19.1. The maximum atomic E-state index is 14.5. The quantitative estimate of drug-likeness (QED) is 0.785. The van der Waals surface area contributed by atoms with Crippen molar-refractivity contribution < 1.29 is 23.0 Å². The molecule has 6 nitrogen and oxygen atoms in total. The first kappa shape index (κ1) is 20.5. The fourth-order valence-corrected chi connectivity index (χ4v) is 2.90. The van der Waals surface area contributed by atoms with Gasteiger partial charge < -0.3 is 15.2 Å². The van der Waals surface area contributed by atoms with Crippen LogP contribution in [0.1, 0.15) is 32.9 Å². The fraction of sp³-hybridized carbons (Fsp3) is 0.421. The van der Waals surface area contributed by atoms with Gasteiger partial charge in [0.1, 0.15) is 24.4 Å². The summed E-state index contributed by atoms with van der Waals surface area (Å²) in [7, 11) is 0. The molecule has 0 radical (unpaired) electrons. The molecule has 0 fully saturated rings. The van der Waals surface area contributed by atoms with Gasteiger partial charge in [0.2, 0.25) is 0 Å². The fourth-order valence-electron chi connectivity index (χ4n) is 2.90. The lowest BCUT2D eigenvalue weighted by molar-refractivity contribution is -0.0194. The van der Waals surface area contributed by atoms with Crippen molar-refractivity contribution in [2.75, 3.05) is 6.61 Å². The molecule has 2 aromatic rings. The van der Waals surface area contributed by atoms with Gasteiger partial charge in [-0.25, -0.2) is 23.5 Å². The van der Waals surface area contributed by atoms with E-state index in [9.17, 15) is 13.6 Å². The minimum absolute atomic E-state index is 0.00341. The summed E-state index contributed by atoms with van der Waals surface area (Å²) < 4.78 is 39.5. The Balaban J connectivity index is 2.24. The number of ether oxygens (including phenoxy) is 2. The van der Waals surface area contributed by atoms with Crippen molar-refractivity contribution >= 4 is 6.09 Å². The maximum Gasteiger partial charge on any atom is 0.405 e. The van der Waals surface area contributed by atoms with Crippen LogP contribution in [0.25, 0.3) is 11.3 Å². The van der Waals surface area contributed by atoms with Crippen molar-refractivity contribution in [3.05, 3.63) is 41.9 Å². The largest absolute Gasteiger partial charge is 0.486 e. The Kier molecular flexibility index (Phi) is 6.30. The van der Waals surface area contributed by atoms with E-state index in [0.717, 1.165) is 12.1 Å². The molecule has 1 aromatic carbocycles. The van der Waals surface area contributed by atoms with Gasteiger partial charge in [-0.15, -0.1) is 0 Å². The van der Waals surface area contributed by atoms with Crippen molar-refractivity contribution in [3.8, 4) is 17.0 Å². The Bertz CT molecular complexity index is 830. The molecule has 1 aromatic heterocycles. The van der Waals surface area contributed by atoms with Gasteiger partial charge in [0, 0.05) is 17.3 Å². The van der Waals surface area contributed by atoms with Crippen LogP contribution in [0.4, 0.5) is 13.6 Å². The molecule has 1 amide bonds. The van der Waals surface area contributed by atoms with Crippen LogP contribution in [-0.2, 0) is 4.74 Å². The summed E-state index contributed by atoms with van der Waals surface area (Å²) in [5.41, 5.74) is 4.95. The molecule has 0 saturated carbocycles. The lowest BCUT2D eigenvalue weighted by Crippen LogP contribution is -2.41. The van der Waals surface area contributed by atoms with Crippen LogP contribution < -0.4 is 10.5 Å². The van der Waals surface area contributed by atoms with Gasteiger partial charge in [-0.3, -0.25) is 0 Å². The molecule has 0 spiro atoms. The van der Waals surface area contributed by atoms with Gasteiger partial charge in [-0.1, -0.05) is 13.8 Å². The Morgan fingerprint density at radius 1 is 1.22 bits per heavy atom. The predicted molar refractivity (Wildman–Crippen MR) is 96.1 cm³/mol. The Morgan fingerprint density at radius 3 is 2.52 bits per heavy atom. The first-order valence-electron chi connectivity index (χ1n) is 8.49. The minimum atomic E-state index is -1.06. The van der Waals surface area contributed by atoms with Crippen LogP contribution >= 0.6 is 0 Å². The Labute approximate surface area is 156 Å². The predicted octanol–water partition coefficient (Wildman–Crippen LogP) is 4.01. The number of nitrogens with two attached hydrogens (primary N) is 1. The van der Waals surface area contributed by atoms with Crippen LogP contribution in [-0.4, -0.2) is 28.3 Å². The third kappa shape index (κ3) is 5.60. The molecule has 2 rings (SSSR count). The van der Waals surface area contributed by atoms with Gasteiger partial charge in [-0.2, -0.15) is 0 Å². The smallest absolute Gasteiger partial charge is 0.405 e. The molecule has 27 heavy (non-hydrogen) atoms. The van der Waals surface area contributed by atoms with E-state index in [-0.39, 0.29) is 29.5 Å². The zero-order valence-electron chi connectivity index (χ0n) is 15.8. The Hall–Kier alpha value is -2.77. The van der Waals surface area contributed by atoms with E-state index in [2.05, 4.69) is 9.97 Å².